The number of rotatable bonds is 6. The molecule has 1 aromatic heterocycles. The van der Waals surface area contributed by atoms with Gasteiger partial charge < -0.3 is 15.5 Å². The van der Waals surface area contributed by atoms with E-state index in [1.54, 1.807) is 4.90 Å². The van der Waals surface area contributed by atoms with Crippen LogP contribution in [0.3, 0.4) is 0 Å². The Morgan fingerprint density at radius 1 is 1.18 bits per heavy atom. The molecular weight excluding hydrogens is 524 g/mol. The normalized spacial score (nSPS) is 14.2. The zero-order valence-electron chi connectivity index (χ0n) is 18.9. The molecule has 0 saturated carbocycles. The second-order valence-corrected chi connectivity index (χ2v) is 10.4. The number of urea groups is 1. The van der Waals surface area contributed by atoms with Crippen LogP contribution in [0.4, 0.5) is 24.4 Å². The Morgan fingerprint density at radius 3 is 2.47 bits per heavy atom. The summed E-state index contributed by atoms with van der Waals surface area (Å²) in [6.07, 6.45) is 0. The first kappa shape index (κ1) is 24.6. The standard InChI is InChI=1S/C24H26BrF2N5OS/c1-24(2,16-3-5-17(25)6-4-16)20-14-34-23(30-20)31-22(33)29-13-15-11-18(26)21(19(27)12-15)32-9-7-28-8-10-32/h3-6,11-12,14,28H,7-10,13H2,1-2H3,(H2,29,30,31,33). The topological polar surface area (TPSA) is 69.3 Å². The maximum atomic E-state index is 14.6. The summed E-state index contributed by atoms with van der Waals surface area (Å²) < 4.78 is 30.2. The fourth-order valence-electron chi connectivity index (χ4n) is 3.87. The number of carbonyl (C=O) groups is 1. The number of piperazine rings is 1. The first-order chi connectivity index (χ1) is 16.2. The zero-order valence-corrected chi connectivity index (χ0v) is 21.3. The average Bonchev–Trinajstić information content (AvgIpc) is 3.28. The lowest BCUT2D eigenvalue weighted by molar-refractivity contribution is 0.251. The molecule has 2 heterocycles. The summed E-state index contributed by atoms with van der Waals surface area (Å²) in [7, 11) is 0. The van der Waals surface area contributed by atoms with Crippen LogP contribution in [0, 0.1) is 11.6 Å². The summed E-state index contributed by atoms with van der Waals surface area (Å²) in [5.41, 5.74) is 1.93. The van der Waals surface area contributed by atoms with Crippen LogP contribution in [0.2, 0.25) is 0 Å². The minimum absolute atomic E-state index is 0.00979. The third-order valence-electron chi connectivity index (χ3n) is 5.89. The van der Waals surface area contributed by atoms with Gasteiger partial charge in [-0.3, -0.25) is 5.32 Å². The molecule has 0 bridgehead atoms. The Labute approximate surface area is 209 Å². The summed E-state index contributed by atoms with van der Waals surface area (Å²) >= 11 is 4.77. The maximum Gasteiger partial charge on any atom is 0.321 e. The lowest BCUT2D eigenvalue weighted by Crippen LogP contribution is -2.44. The smallest absolute Gasteiger partial charge is 0.321 e. The van der Waals surface area contributed by atoms with Crippen molar-refractivity contribution in [1.29, 1.82) is 0 Å². The van der Waals surface area contributed by atoms with E-state index in [0.717, 1.165) is 15.7 Å². The molecule has 4 rings (SSSR count). The van der Waals surface area contributed by atoms with Crippen molar-refractivity contribution in [2.75, 3.05) is 36.4 Å². The van der Waals surface area contributed by atoms with E-state index in [9.17, 15) is 13.6 Å². The minimum atomic E-state index is -0.626. The van der Waals surface area contributed by atoms with Crippen LogP contribution in [0.5, 0.6) is 0 Å². The van der Waals surface area contributed by atoms with Crippen LogP contribution in [0.15, 0.2) is 46.3 Å². The number of anilines is 2. The summed E-state index contributed by atoms with van der Waals surface area (Å²) in [6, 6.07) is 10.1. The minimum Gasteiger partial charge on any atom is -0.364 e. The van der Waals surface area contributed by atoms with E-state index >= 15 is 0 Å². The molecule has 1 fully saturated rings. The molecule has 2 aromatic carbocycles. The number of benzene rings is 2. The van der Waals surface area contributed by atoms with Gasteiger partial charge in [0.2, 0.25) is 0 Å². The number of hydrogen-bond donors (Lipinski definition) is 3. The third kappa shape index (κ3) is 5.56. The highest BCUT2D eigenvalue weighted by atomic mass is 79.9. The highest BCUT2D eigenvalue weighted by Gasteiger charge is 2.26. The van der Waals surface area contributed by atoms with Gasteiger partial charge >= 0.3 is 6.03 Å². The van der Waals surface area contributed by atoms with Crippen LogP contribution < -0.4 is 20.9 Å². The molecule has 0 radical (unpaired) electrons. The Balaban J connectivity index is 1.36. The number of nitrogens with one attached hydrogen (secondary N) is 3. The summed E-state index contributed by atoms with van der Waals surface area (Å²) in [5.74, 6) is -1.25. The fraction of sp³-hybridized carbons (Fsp3) is 0.333. The van der Waals surface area contributed by atoms with Gasteiger partial charge in [0.1, 0.15) is 17.3 Å². The number of aromatic nitrogens is 1. The molecule has 2 amide bonds. The van der Waals surface area contributed by atoms with E-state index in [1.165, 1.54) is 23.5 Å². The first-order valence-corrected chi connectivity index (χ1v) is 12.6. The largest absolute Gasteiger partial charge is 0.364 e. The number of carbonyl (C=O) groups excluding carboxylic acids is 1. The molecular formula is C24H26BrF2N5OS. The molecule has 3 N–H and O–H groups in total. The van der Waals surface area contributed by atoms with E-state index in [4.69, 9.17) is 0 Å². The fourth-order valence-corrected chi connectivity index (χ4v) is 5.00. The van der Waals surface area contributed by atoms with E-state index in [0.29, 0.717) is 36.9 Å². The van der Waals surface area contributed by atoms with Crippen molar-refractivity contribution in [3.8, 4) is 0 Å². The van der Waals surface area contributed by atoms with Crippen molar-refractivity contribution in [3.63, 3.8) is 0 Å². The van der Waals surface area contributed by atoms with Crippen molar-refractivity contribution in [2.24, 2.45) is 0 Å². The van der Waals surface area contributed by atoms with Crippen molar-refractivity contribution in [3.05, 3.63) is 74.7 Å². The average molecular weight is 550 g/mol. The van der Waals surface area contributed by atoms with Crippen molar-refractivity contribution >= 4 is 44.1 Å². The van der Waals surface area contributed by atoms with Gasteiger partial charge in [-0.05, 0) is 35.4 Å². The van der Waals surface area contributed by atoms with Crippen molar-refractivity contribution in [1.82, 2.24) is 15.6 Å². The quantitative estimate of drug-likeness (QED) is 0.393. The zero-order chi connectivity index (χ0) is 24.3. The molecule has 0 spiro atoms. The molecule has 6 nitrogen and oxygen atoms in total. The molecule has 34 heavy (non-hydrogen) atoms. The van der Waals surface area contributed by atoms with Crippen LogP contribution in [0.1, 0.15) is 30.7 Å². The van der Waals surface area contributed by atoms with Crippen molar-refractivity contribution in [2.45, 2.75) is 25.8 Å². The monoisotopic (exact) mass is 549 g/mol. The maximum absolute atomic E-state index is 14.6. The van der Waals surface area contributed by atoms with Gasteiger partial charge in [0.15, 0.2) is 5.13 Å². The molecule has 180 valence electrons. The van der Waals surface area contributed by atoms with E-state index in [-0.39, 0.29) is 17.6 Å². The molecule has 1 aliphatic rings. The second-order valence-electron chi connectivity index (χ2n) is 8.62. The Kier molecular flexibility index (Phi) is 7.49. The lowest BCUT2D eigenvalue weighted by Gasteiger charge is -2.30. The second kappa shape index (κ2) is 10.4. The summed E-state index contributed by atoms with van der Waals surface area (Å²) in [5, 5.41) is 10.9. The predicted octanol–water partition coefficient (Wildman–Crippen LogP) is 5.24. The van der Waals surface area contributed by atoms with Crippen LogP contribution >= 0.6 is 27.3 Å². The van der Waals surface area contributed by atoms with Gasteiger partial charge in [-0.15, -0.1) is 11.3 Å². The van der Waals surface area contributed by atoms with E-state index in [2.05, 4.69) is 50.7 Å². The van der Waals surface area contributed by atoms with Crippen LogP contribution in [0.25, 0.3) is 0 Å². The molecule has 1 saturated heterocycles. The Bertz CT molecular complexity index is 1140. The Morgan fingerprint density at radius 2 is 1.82 bits per heavy atom. The Hall–Kier alpha value is -2.56. The first-order valence-electron chi connectivity index (χ1n) is 10.9. The molecule has 0 atom stereocenters. The van der Waals surface area contributed by atoms with Crippen LogP contribution in [-0.2, 0) is 12.0 Å². The number of hydrogen-bond acceptors (Lipinski definition) is 5. The number of halogens is 3. The van der Waals surface area contributed by atoms with Gasteiger partial charge in [0.05, 0.1) is 5.69 Å². The number of thiazole rings is 1. The number of nitrogens with zero attached hydrogens (tertiary/aromatic N) is 2. The summed E-state index contributed by atoms with van der Waals surface area (Å²) in [6.45, 7) is 6.58. The molecule has 0 unspecified atom stereocenters. The molecule has 10 heteroatoms. The molecule has 3 aromatic rings. The van der Waals surface area contributed by atoms with Gasteiger partial charge in [-0.25, -0.2) is 18.6 Å². The highest BCUT2D eigenvalue weighted by Crippen LogP contribution is 2.34. The molecule has 1 aliphatic heterocycles. The SMILES string of the molecule is CC(C)(c1ccc(Br)cc1)c1csc(NC(=O)NCc2cc(F)c(N3CCNCC3)c(F)c2)n1. The van der Waals surface area contributed by atoms with Crippen molar-refractivity contribution < 1.29 is 13.6 Å². The third-order valence-corrected chi connectivity index (χ3v) is 7.18. The lowest BCUT2D eigenvalue weighted by atomic mass is 9.82. The van der Waals surface area contributed by atoms with Gasteiger partial charge in [0.25, 0.3) is 0 Å². The summed E-state index contributed by atoms with van der Waals surface area (Å²) in [4.78, 5) is 18.6. The van der Waals surface area contributed by atoms with Gasteiger partial charge in [0, 0.05) is 48.0 Å². The predicted molar refractivity (Wildman–Crippen MR) is 136 cm³/mol. The number of amides is 2. The molecule has 0 aliphatic carbocycles. The van der Waals surface area contributed by atoms with Crippen LogP contribution in [-0.4, -0.2) is 37.2 Å². The highest BCUT2D eigenvalue weighted by molar-refractivity contribution is 9.10. The van der Waals surface area contributed by atoms with E-state index < -0.39 is 17.7 Å². The van der Waals surface area contributed by atoms with Gasteiger partial charge in [-0.2, -0.15) is 0 Å². The van der Waals surface area contributed by atoms with Gasteiger partial charge in [-0.1, -0.05) is 41.9 Å². The van der Waals surface area contributed by atoms with E-state index in [1.807, 2.05) is 29.6 Å².